The van der Waals surface area contributed by atoms with E-state index in [-0.39, 0.29) is 17.3 Å². The van der Waals surface area contributed by atoms with Crippen molar-refractivity contribution in [1.29, 1.82) is 0 Å². The van der Waals surface area contributed by atoms with E-state index in [1.165, 1.54) is 4.68 Å². The molecule has 9 heteroatoms. The molecule has 0 unspecified atom stereocenters. The van der Waals surface area contributed by atoms with Gasteiger partial charge in [-0.15, -0.1) is 0 Å². The molecule has 35 heavy (non-hydrogen) atoms. The lowest BCUT2D eigenvalue weighted by Gasteiger charge is -2.06. The van der Waals surface area contributed by atoms with Crippen LogP contribution in [0.2, 0.25) is 0 Å². The minimum absolute atomic E-state index is 0.169. The van der Waals surface area contributed by atoms with Crippen LogP contribution in [0.1, 0.15) is 21.5 Å². The zero-order valence-corrected chi connectivity index (χ0v) is 19.0. The Morgan fingerprint density at radius 2 is 1.77 bits per heavy atom. The van der Waals surface area contributed by atoms with Crippen molar-refractivity contribution in [2.45, 2.75) is 6.42 Å². The van der Waals surface area contributed by atoms with Gasteiger partial charge in [0, 0.05) is 18.9 Å². The van der Waals surface area contributed by atoms with E-state index in [0.29, 0.717) is 35.2 Å². The Labute approximate surface area is 201 Å². The fraction of sp³-hybridized carbons (Fsp3) is 0.115. The van der Waals surface area contributed by atoms with Crippen molar-refractivity contribution in [3.05, 3.63) is 89.7 Å². The van der Waals surface area contributed by atoms with Gasteiger partial charge in [-0.3, -0.25) is 9.78 Å². The Hall–Kier alpha value is -4.79. The quantitative estimate of drug-likeness (QED) is 0.355. The highest BCUT2D eigenvalue weighted by Gasteiger charge is 2.23. The maximum Gasteiger partial charge on any atom is 0.257 e. The number of pyridine rings is 1. The molecule has 0 aliphatic carbocycles. The Kier molecular flexibility index (Phi) is 6.04. The topological polar surface area (TPSA) is 120 Å². The first-order chi connectivity index (χ1) is 17.1. The molecule has 0 fully saturated rings. The number of benzene rings is 2. The second kappa shape index (κ2) is 9.60. The number of nitrogens with one attached hydrogen (secondary N) is 1. The summed E-state index contributed by atoms with van der Waals surface area (Å²) < 4.78 is 6.64. The van der Waals surface area contributed by atoms with E-state index in [4.69, 9.17) is 20.4 Å². The van der Waals surface area contributed by atoms with Crippen LogP contribution < -0.4 is 15.8 Å². The van der Waals surface area contributed by atoms with Crippen molar-refractivity contribution >= 4 is 40.1 Å². The fourth-order valence-electron chi connectivity index (χ4n) is 3.76. The smallest absolute Gasteiger partial charge is 0.257 e. The van der Waals surface area contributed by atoms with Crippen LogP contribution in [0.3, 0.4) is 0 Å². The van der Waals surface area contributed by atoms with Crippen LogP contribution in [0, 0.1) is 0 Å². The number of amides is 1. The van der Waals surface area contributed by atoms with E-state index in [1.807, 2.05) is 60.7 Å². The molecule has 1 amide bonds. The number of nitrogens with zero attached hydrogens (tertiary/aromatic N) is 5. The van der Waals surface area contributed by atoms with Gasteiger partial charge in [0.05, 0.1) is 24.4 Å². The van der Waals surface area contributed by atoms with Crippen LogP contribution in [-0.2, 0) is 6.42 Å². The minimum atomic E-state index is -0.330. The number of aromatic nitrogens is 4. The molecule has 0 aliphatic rings. The lowest BCUT2D eigenvalue weighted by molar-refractivity contribution is 0.0956. The number of ether oxygens (including phenoxy) is 1. The number of rotatable bonds is 7. The number of methoxy groups -OCH3 is 1. The van der Waals surface area contributed by atoms with Gasteiger partial charge in [0.25, 0.3) is 5.91 Å². The van der Waals surface area contributed by atoms with E-state index < -0.39 is 0 Å². The number of hydrogen-bond acceptors (Lipinski definition) is 7. The molecule has 0 atom stereocenters. The lowest BCUT2D eigenvalue weighted by Crippen LogP contribution is -2.26. The number of nitrogen functional groups attached to an aromatic ring is 1. The average Bonchev–Trinajstić information content (AvgIpc) is 3.17. The summed E-state index contributed by atoms with van der Waals surface area (Å²) in [6, 6.07) is 18.8. The van der Waals surface area contributed by atoms with Crippen LogP contribution in [0.4, 0.5) is 5.82 Å². The summed E-state index contributed by atoms with van der Waals surface area (Å²) in [5, 5.41) is 7.46. The Bertz CT molecular complexity index is 1530. The summed E-state index contributed by atoms with van der Waals surface area (Å²) in [5.74, 6) is 0.627. The molecule has 5 rings (SSSR count). The molecule has 174 valence electrons. The highest BCUT2D eigenvalue weighted by atomic mass is 16.5. The normalized spacial score (nSPS) is 11.3. The van der Waals surface area contributed by atoms with Crippen LogP contribution >= 0.6 is 0 Å². The third-order valence-electron chi connectivity index (χ3n) is 5.59. The predicted octanol–water partition coefficient (Wildman–Crippen LogP) is 3.43. The second-order valence-electron chi connectivity index (χ2n) is 7.84. The van der Waals surface area contributed by atoms with Crippen LogP contribution in [-0.4, -0.2) is 45.4 Å². The third kappa shape index (κ3) is 4.51. The number of carbonyl (C=O) groups is 1. The highest BCUT2D eigenvalue weighted by molar-refractivity contribution is 6.10. The molecule has 0 spiro atoms. The number of hydrogen-bond donors (Lipinski definition) is 2. The van der Waals surface area contributed by atoms with Gasteiger partial charge in [-0.05, 0) is 53.9 Å². The number of anilines is 1. The molecule has 0 bridgehead atoms. The molecule has 2 aromatic carbocycles. The van der Waals surface area contributed by atoms with Gasteiger partial charge in [0.2, 0.25) is 0 Å². The SMILES string of the molecule is COc1ccc(CCNC(=O)c2c(N)n(/N=C/c3ccncc3)c3nc4ccccc4nc23)cc1. The van der Waals surface area contributed by atoms with Gasteiger partial charge in [0.15, 0.2) is 5.65 Å². The molecule has 9 nitrogen and oxygen atoms in total. The molecule has 0 saturated carbocycles. The van der Waals surface area contributed by atoms with Crippen molar-refractivity contribution in [3.8, 4) is 5.75 Å². The van der Waals surface area contributed by atoms with Crippen LogP contribution in [0.5, 0.6) is 5.75 Å². The second-order valence-corrected chi connectivity index (χ2v) is 7.84. The summed E-state index contributed by atoms with van der Waals surface area (Å²) >= 11 is 0. The monoisotopic (exact) mass is 465 g/mol. The maximum atomic E-state index is 13.2. The average molecular weight is 466 g/mol. The molecular weight excluding hydrogens is 442 g/mol. The Morgan fingerprint density at radius 3 is 2.49 bits per heavy atom. The molecule has 0 radical (unpaired) electrons. The van der Waals surface area contributed by atoms with E-state index >= 15 is 0 Å². The molecule has 0 saturated heterocycles. The van der Waals surface area contributed by atoms with E-state index in [2.05, 4.69) is 15.4 Å². The van der Waals surface area contributed by atoms with Crippen molar-refractivity contribution in [1.82, 2.24) is 24.9 Å². The zero-order chi connectivity index (χ0) is 24.2. The van der Waals surface area contributed by atoms with Crippen LogP contribution in [0.15, 0.2) is 78.2 Å². The van der Waals surface area contributed by atoms with Crippen molar-refractivity contribution in [2.75, 3.05) is 19.4 Å². The first-order valence-electron chi connectivity index (χ1n) is 11.1. The minimum Gasteiger partial charge on any atom is -0.497 e. The van der Waals surface area contributed by atoms with Crippen molar-refractivity contribution in [3.63, 3.8) is 0 Å². The maximum absolute atomic E-state index is 13.2. The molecular formula is C26H23N7O2. The Morgan fingerprint density at radius 1 is 1.06 bits per heavy atom. The number of para-hydroxylation sites is 2. The molecule has 3 N–H and O–H groups in total. The van der Waals surface area contributed by atoms with Crippen molar-refractivity contribution < 1.29 is 9.53 Å². The predicted molar refractivity (Wildman–Crippen MR) is 136 cm³/mol. The summed E-state index contributed by atoms with van der Waals surface area (Å²) in [7, 11) is 1.63. The van der Waals surface area contributed by atoms with Gasteiger partial charge < -0.3 is 15.8 Å². The zero-order valence-electron chi connectivity index (χ0n) is 19.0. The van der Waals surface area contributed by atoms with E-state index in [1.54, 1.807) is 25.7 Å². The fourth-order valence-corrected chi connectivity index (χ4v) is 3.76. The first-order valence-corrected chi connectivity index (χ1v) is 11.1. The van der Waals surface area contributed by atoms with Gasteiger partial charge in [0.1, 0.15) is 22.6 Å². The molecule has 3 heterocycles. The lowest BCUT2D eigenvalue weighted by atomic mass is 10.1. The van der Waals surface area contributed by atoms with Gasteiger partial charge in [-0.2, -0.15) is 9.78 Å². The summed E-state index contributed by atoms with van der Waals surface area (Å²) in [6.07, 6.45) is 5.64. The summed E-state index contributed by atoms with van der Waals surface area (Å²) in [4.78, 5) is 26.7. The van der Waals surface area contributed by atoms with Gasteiger partial charge in [-0.1, -0.05) is 24.3 Å². The van der Waals surface area contributed by atoms with Gasteiger partial charge >= 0.3 is 0 Å². The van der Waals surface area contributed by atoms with E-state index in [0.717, 1.165) is 16.9 Å². The molecule has 3 aromatic heterocycles. The van der Waals surface area contributed by atoms with Gasteiger partial charge in [-0.25, -0.2) is 9.97 Å². The number of fused-ring (bicyclic) bond motifs is 2. The summed E-state index contributed by atoms with van der Waals surface area (Å²) in [5.41, 5.74) is 10.8. The highest BCUT2D eigenvalue weighted by Crippen LogP contribution is 2.27. The first kappa shape index (κ1) is 22.0. The van der Waals surface area contributed by atoms with E-state index in [9.17, 15) is 4.79 Å². The largest absolute Gasteiger partial charge is 0.497 e. The van der Waals surface area contributed by atoms with Crippen LogP contribution in [0.25, 0.3) is 22.2 Å². The molecule has 5 aromatic rings. The Balaban J connectivity index is 1.48. The number of nitrogens with two attached hydrogens (primary N) is 1. The standard InChI is InChI=1S/C26H23N7O2/c1-35-19-8-6-17(7-9-19)12-15-29-26(34)22-23-25(32-21-5-3-2-4-20(21)31-23)33(24(22)27)30-16-18-10-13-28-14-11-18/h2-11,13-14,16H,12,15,27H2,1H3,(H,29,34)/b30-16+. The molecule has 0 aliphatic heterocycles. The third-order valence-corrected chi connectivity index (χ3v) is 5.59. The van der Waals surface area contributed by atoms with Crippen molar-refractivity contribution in [2.24, 2.45) is 5.10 Å². The summed E-state index contributed by atoms with van der Waals surface area (Å²) in [6.45, 7) is 0.429. The number of carbonyl (C=O) groups excluding carboxylic acids is 1.